The molecule has 1 N–H and O–H groups in total. The van der Waals surface area contributed by atoms with Gasteiger partial charge in [0.25, 0.3) is 5.91 Å². The lowest BCUT2D eigenvalue weighted by Gasteiger charge is -2.12. The molecule has 0 fully saturated rings. The van der Waals surface area contributed by atoms with E-state index < -0.39 is 29.7 Å². The number of ether oxygens (including phenoxy) is 1. The topological polar surface area (TPSA) is 55.4 Å². The number of alkyl halides is 3. The Hall–Kier alpha value is -3.09. The van der Waals surface area contributed by atoms with Crippen LogP contribution >= 0.6 is 0 Å². The molecule has 0 saturated heterocycles. The van der Waals surface area contributed by atoms with E-state index in [-0.39, 0.29) is 5.56 Å². The number of amides is 1. The summed E-state index contributed by atoms with van der Waals surface area (Å²) in [6.45, 7) is 1.40. The van der Waals surface area contributed by atoms with Gasteiger partial charge in [-0.1, -0.05) is 30.3 Å². The third-order valence-electron chi connectivity index (χ3n) is 3.33. The van der Waals surface area contributed by atoms with E-state index in [1.54, 1.807) is 30.3 Å². The maximum Gasteiger partial charge on any atom is 0.416 e. The molecule has 2 aromatic rings. The number of hydrogen-bond donors (Lipinski definition) is 1. The number of rotatable bonds is 5. The summed E-state index contributed by atoms with van der Waals surface area (Å²) in [6, 6.07) is 13.1. The lowest BCUT2D eigenvalue weighted by Crippen LogP contribution is -2.29. The quantitative estimate of drug-likeness (QED) is 0.637. The molecule has 136 valence electrons. The molecular weight excluding hydrogens is 347 g/mol. The lowest BCUT2D eigenvalue weighted by molar-refractivity contribution is -0.148. The first-order chi connectivity index (χ1) is 12.3. The van der Waals surface area contributed by atoms with Crippen molar-refractivity contribution in [1.82, 2.24) is 0 Å². The molecule has 1 atom stereocenters. The van der Waals surface area contributed by atoms with Crippen molar-refractivity contribution in [2.24, 2.45) is 0 Å². The maximum atomic E-state index is 12.6. The molecule has 0 spiro atoms. The van der Waals surface area contributed by atoms with Gasteiger partial charge in [-0.3, -0.25) is 4.79 Å². The fraction of sp³-hybridized carbons (Fsp3) is 0.158. The van der Waals surface area contributed by atoms with Crippen LogP contribution in [0.1, 0.15) is 18.1 Å². The smallest absolute Gasteiger partial charge is 0.416 e. The largest absolute Gasteiger partial charge is 0.449 e. The van der Waals surface area contributed by atoms with Crippen molar-refractivity contribution in [2.45, 2.75) is 19.2 Å². The van der Waals surface area contributed by atoms with E-state index in [0.29, 0.717) is 5.69 Å². The summed E-state index contributed by atoms with van der Waals surface area (Å²) >= 11 is 0. The van der Waals surface area contributed by atoms with E-state index in [9.17, 15) is 22.8 Å². The van der Waals surface area contributed by atoms with Gasteiger partial charge in [-0.2, -0.15) is 13.2 Å². The monoisotopic (exact) mass is 363 g/mol. The first kappa shape index (κ1) is 19.2. The molecule has 4 nitrogen and oxygen atoms in total. The van der Waals surface area contributed by atoms with Gasteiger partial charge in [0.15, 0.2) is 6.10 Å². The highest BCUT2D eigenvalue weighted by atomic mass is 19.4. The molecule has 0 unspecified atom stereocenters. The van der Waals surface area contributed by atoms with E-state index >= 15 is 0 Å². The number of nitrogens with one attached hydrogen (secondary N) is 1. The second-order valence-corrected chi connectivity index (χ2v) is 5.39. The number of halogens is 3. The fourth-order valence-electron chi connectivity index (χ4n) is 2.02. The predicted molar refractivity (Wildman–Crippen MR) is 91.1 cm³/mol. The zero-order chi connectivity index (χ0) is 19.2. The van der Waals surface area contributed by atoms with Gasteiger partial charge >= 0.3 is 12.1 Å². The van der Waals surface area contributed by atoms with Crippen LogP contribution in [0.5, 0.6) is 0 Å². The molecule has 0 radical (unpaired) electrons. The van der Waals surface area contributed by atoms with Crippen molar-refractivity contribution in [3.63, 3.8) is 0 Å². The van der Waals surface area contributed by atoms with E-state index in [1.165, 1.54) is 25.1 Å². The first-order valence-electron chi connectivity index (χ1n) is 7.67. The van der Waals surface area contributed by atoms with Crippen molar-refractivity contribution in [3.8, 4) is 0 Å². The minimum Gasteiger partial charge on any atom is -0.449 e. The Bertz CT molecular complexity index is 801. The second-order valence-electron chi connectivity index (χ2n) is 5.39. The third-order valence-corrected chi connectivity index (χ3v) is 3.33. The molecule has 0 aliphatic heterocycles. The van der Waals surface area contributed by atoms with Crippen LogP contribution in [0, 0.1) is 0 Å². The van der Waals surface area contributed by atoms with Gasteiger partial charge in [0, 0.05) is 11.8 Å². The minimum absolute atomic E-state index is 0.193. The van der Waals surface area contributed by atoms with Crippen molar-refractivity contribution < 1.29 is 27.5 Å². The number of para-hydroxylation sites is 1. The predicted octanol–water partition coefficient (Wildman–Crippen LogP) is 4.29. The number of anilines is 1. The van der Waals surface area contributed by atoms with E-state index in [4.69, 9.17) is 4.74 Å². The number of hydrogen-bond acceptors (Lipinski definition) is 3. The summed E-state index contributed by atoms with van der Waals surface area (Å²) in [5.41, 5.74) is -0.0679. The van der Waals surface area contributed by atoms with Crippen LogP contribution in [0.15, 0.2) is 60.7 Å². The molecular formula is C19H16F3NO3. The SMILES string of the molecule is C[C@@H](OC(=O)/C=C/c1cccc(C(F)(F)F)c1)C(=O)Nc1ccccc1. The van der Waals surface area contributed by atoms with Crippen molar-refractivity contribution >= 4 is 23.6 Å². The molecule has 26 heavy (non-hydrogen) atoms. The molecule has 7 heteroatoms. The lowest BCUT2D eigenvalue weighted by atomic mass is 10.1. The Kier molecular flexibility index (Phi) is 6.16. The van der Waals surface area contributed by atoms with E-state index in [1.807, 2.05) is 0 Å². The van der Waals surface area contributed by atoms with Crippen LogP contribution in [0.25, 0.3) is 6.08 Å². The number of carbonyl (C=O) groups excluding carboxylic acids is 2. The highest BCUT2D eigenvalue weighted by molar-refractivity contribution is 5.96. The molecule has 0 saturated carbocycles. The Morgan fingerprint density at radius 3 is 2.42 bits per heavy atom. The van der Waals surface area contributed by atoms with E-state index in [2.05, 4.69) is 5.32 Å². The minimum atomic E-state index is -4.46. The van der Waals surface area contributed by atoms with Crippen molar-refractivity contribution in [2.75, 3.05) is 5.32 Å². The van der Waals surface area contributed by atoms with Crippen molar-refractivity contribution in [1.29, 1.82) is 0 Å². The second kappa shape index (κ2) is 8.33. The van der Waals surface area contributed by atoms with Gasteiger partial charge in [0.2, 0.25) is 0 Å². The molecule has 0 aliphatic carbocycles. The average Bonchev–Trinajstić information content (AvgIpc) is 2.60. The fourth-order valence-corrected chi connectivity index (χ4v) is 2.02. The Morgan fingerprint density at radius 2 is 1.77 bits per heavy atom. The van der Waals surface area contributed by atoms with Gasteiger partial charge in [-0.25, -0.2) is 4.79 Å². The van der Waals surface area contributed by atoms with Crippen LogP contribution in [0.3, 0.4) is 0 Å². The Balaban J connectivity index is 1.93. The molecule has 0 heterocycles. The van der Waals surface area contributed by atoms with Gasteiger partial charge < -0.3 is 10.1 Å². The van der Waals surface area contributed by atoms with Crippen LogP contribution in [-0.2, 0) is 20.5 Å². The molecule has 0 aliphatic rings. The van der Waals surface area contributed by atoms with Crippen molar-refractivity contribution in [3.05, 3.63) is 71.8 Å². The van der Waals surface area contributed by atoms with Crippen LogP contribution < -0.4 is 5.32 Å². The highest BCUT2D eigenvalue weighted by Gasteiger charge is 2.30. The average molecular weight is 363 g/mol. The van der Waals surface area contributed by atoms with Crippen LogP contribution in [-0.4, -0.2) is 18.0 Å². The van der Waals surface area contributed by atoms with Crippen LogP contribution in [0.2, 0.25) is 0 Å². The summed E-state index contributed by atoms with van der Waals surface area (Å²) in [4.78, 5) is 23.7. The molecule has 0 bridgehead atoms. The van der Waals surface area contributed by atoms with Gasteiger partial charge in [0.1, 0.15) is 0 Å². The Morgan fingerprint density at radius 1 is 1.08 bits per heavy atom. The normalized spacial score (nSPS) is 12.6. The first-order valence-corrected chi connectivity index (χ1v) is 7.67. The number of benzene rings is 2. The molecule has 1 amide bonds. The van der Waals surface area contributed by atoms with Gasteiger partial charge in [-0.05, 0) is 42.8 Å². The van der Waals surface area contributed by atoms with E-state index in [0.717, 1.165) is 18.2 Å². The summed E-state index contributed by atoms with van der Waals surface area (Å²) in [7, 11) is 0. The summed E-state index contributed by atoms with van der Waals surface area (Å²) < 4.78 is 42.9. The molecule has 2 aromatic carbocycles. The zero-order valence-corrected chi connectivity index (χ0v) is 13.8. The molecule has 0 aromatic heterocycles. The summed E-state index contributed by atoms with van der Waals surface area (Å²) in [6.07, 6.45) is -3.36. The van der Waals surface area contributed by atoms with Gasteiger partial charge in [0.05, 0.1) is 5.56 Å². The third kappa shape index (κ3) is 5.77. The molecule has 2 rings (SSSR count). The summed E-state index contributed by atoms with van der Waals surface area (Å²) in [5, 5.41) is 2.58. The van der Waals surface area contributed by atoms with Crippen LogP contribution in [0.4, 0.5) is 18.9 Å². The number of esters is 1. The highest BCUT2D eigenvalue weighted by Crippen LogP contribution is 2.29. The summed E-state index contributed by atoms with van der Waals surface area (Å²) in [5.74, 6) is -1.35. The Labute approximate surface area is 148 Å². The zero-order valence-electron chi connectivity index (χ0n) is 13.8. The standard InChI is InChI=1S/C19H16F3NO3/c1-13(18(25)23-16-8-3-2-4-9-16)26-17(24)11-10-14-6-5-7-15(12-14)19(20,21)22/h2-13H,1H3,(H,23,25)/b11-10+/t13-/m1/s1. The maximum absolute atomic E-state index is 12.6. The number of carbonyl (C=O) groups is 2. The van der Waals surface area contributed by atoms with Gasteiger partial charge in [-0.15, -0.1) is 0 Å².